The summed E-state index contributed by atoms with van der Waals surface area (Å²) in [6.07, 6.45) is 6.90. The molecule has 0 aromatic heterocycles. The minimum Gasteiger partial charge on any atom is -0.393 e. The van der Waals surface area contributed by atoms with Crippen molar-refractivity contribution in [3.8, 4) is 0 Å². The summed E-state index contributed by atoms with van der Waals surface area (Å²) in [5.74, 6) is 1.36. The highest BCUT2D eigenvalue weighted by molar-refractivity contribution is 4.77. The van der Waals surface area contributed by atoms with E-state index < -0.39 is 0 Å². The molecule has 14 heavy (non-hydrogen) atoms. The lowest BCUT2D eigenvalue weighted by Gasteiger charge is -2.31. The van der Waals surface area contributed by atoms with Crippen LogP contribution >= 0.6 is 0 Å². The Bertz CT molecular complexity index is 147. The number of methoxy groups -OCH3 is 1. The Morgan fingerprint density at radius 2 is 2.07 bits per heavy atom. The van der Waals surface area contributed by atoms with Crippen molar-refractivity contribution in [2.24, 2.45) is 11.8 Å². The van der Waals surface area contributed by atoms with Crippen LogP contribution < -0.4 is 0 Å². The van der Waals surface area contributed by atoms with Crippen molar-refractivity contribution in [2.45, 2.75) is 51.6 Å². The van der Waals surface area contributed by atoms with Crippen molar-refractivity contribution in [2.75, 3.05) is 13.7 Å². The molecular weight excluding hydrogens is 176 g/mol. The van der Waals surface area contributed by atoms with Gasteiger partial charge in [0.25, 0.3) is 0 Å². The van der Waals surface area contributed by atoms with Crippen LogP contribution in [0.3, 0.4) is 0 Å². The lowest BCUT2D eigenvalue weighted by Crippen LogP contribution is -2.28. The molecule has 1 fully saturated rings. The summed E-state index contributed by atoms with van der Waals surface area (Å²) in [5.41, 5.74) is 0. The molecule has 0 spiro atoms. The molecule has 0 aliphatic heterocycles. The second-order valence-corrected chi connectivity index (χ2v) is 4.73. The minimum atomic E-state index is -0.0336. The average Bonchev–Trinajstić information content (AvgIpc) is 2.18. The van der Waals surface area contributed by atoms with E-state index in [9.17, 15) is 5.11 Å². The summed E-state index contributed by atoms with van der Waals surface area (Å²) >= 11 is 0. The van der Waals surface area contributed by atoms with Gasteiger partial charge in [-0.1, -0.05) is 13.3 Å². The minimum absolute atomic E-state index is 0.0336. The Kier molecular flexibility index (Phi) is 5.49. The van der Waals surface area contributed by atoms with Crippen molar-refractivity contribution in [3.05, 3.63) is 0 Å². The first-order valence-corrected chi connectivity index (χ1v) is 5.91. The highest BCUT2D eigenvalue weighted by Gasteiger charge is 2.26. The van der Waals surface area contributed by atoms with E-state index in [1.165, 1.54) is 25.7 Å². The maximum absolute atomic E-state index is 9.81. The van der Waals surface area contributed by atoms with Crippen molar-refractivity contribution >= 4 is 0 Å². The zero-order chi connectivity index (χ0) is 10.4. The van der Waals surface area contributed by atoms with Gasteiger partial charge in [0.15, 0.2) is 0 Å². The molecule has 0 heterocycles. The first-order valence-electron chi connectivity index (χ1n) is 5.91. The highest BCUT2D eigenvalue weighted by atomic mass is 16.5. The number of aliphatic hydroxyl groups excluding tert-OH is 1. The van der Waals surface area contributed by atoms with E-state index in [0.717, 1.165) is 25.4 Å². The third-order valence-electron chi connectivity index (χ3n) is 3.38. The summed E-state index contributed by atoms with van der Waals surface area (Å²) in [6, 6.07) is 0. The van der Waals surface area contributed by atoms with Crippen molar-refractivity contribution in [1.29, 1.82) is 0 Å². The van der Waals surface area contributed by atoms with Crippen LogP contribution in [0.1, 0.15) is 45.4 Å². The van der Waals surface area contributed by atoms with Gasteiger partial charge in [0.2, 0.25) is 0 Å². The molecule has 0 amide bonds. The molecule has 2 heteroatoms. The van der Waals surface area contributed by atoms with Crippen LogP contribution in [0.25, 0.3) is 0 Å². The van der Waals surface area contributed by atoms with E-state index in [-0.39, 0.29) is 6.10 Å². The molecule has 84 valence electrons. The van der Waals surface area contributed by atoms with Gasteiger partial charge >= 0.3 is 0 Å². The highest BCUT2D eigenvalue weighted by Crippen LogP contribution is 2.32. The van der Waals surface area contributed by atoms with Gasteiger partial charge in [0.1, 0.15) is 0 Å². The molecule has 1 rings (SSSR count). The van der Waals surface area contributed by atoms with Crippen molar-refractivity contribution in [3.63, 3.8) is 0 Å². The normalized spacial score (nSPS) is 33.2. The Morgan fingerprint density at radius 3 is 2.79 bits per heavy atom. The number of unbranched alkanes of at least 4 members (excludes halogenated alkanes) is 1. The Morgan fingerprint density at radius 1 is 1.29 bits per heavy atom. The van der Waals surface area contributed by atoms with Crippen molar-refractivity contribution in [1.82, 2.24) is 0 Å². The Labute approximate surface area is 87.7 Å². The third kappa shape index (κ3) is 3.97. The van der Waals surface area contributed by atoms with Crippen LogP contribution in [0.2, 0.25) is 0 Å². The smallest absolute Gasteiger partial charge is 0.0568 e. The second-order valence-electron chi connectivity index (χ2n) is 4.73. The van der Waals surface area contributed by atoms with E-state index in [4.69, 9.17) is 4.74 Å². The van der Waals surface area contributed by atoms with Crippen LogP contribution in [0.5, 0.6) is 0 Å². The number of ether oxygens (including phenoxy) is 1. The molecule has 0 radical (unpaired) electrons. The van der Waals surface area contributed by atoms with Gasteiger partial charge < -0.3 is 9.84 Å². The monoisotopic (exact) mass is 200 g/mol. The summed E-state index contributed by atoms with van der Waals surface area (Å²) in [7, 11) is 1.75. The van der Waals surface area contributed by atoms with Gasteiger partial charge in [0.05, 0.1) is 6.10 Å². The van der Waals surface area contributed by atoms with Gasteiger partial charge in [-0.3, -0.25) is 0 Å². The predicted molar refractivity (Wildman–Crippen MR) is 58.2 cm³/mol. The van der Waals surface area contributed by atoms with Crippen molar-refractivity contribution < 1.29 is 9.84 Å². The zero-order valence-corrected chi connectivity index (χ0v) is 9.54. The van der Waals surface area contributed by atoms with Gasteiger partial charge in [-0.05, 0) is 43.9 Å². The topological polar surface area (TPSA) is 29.5 Å². The number of aliphatic hydroxyl groups is 1. The largest absolute Gasteiger partial charge is 0.393 e. The third-order valence-corrected chi connectivity index (χ3v) is 3.38. The number of hydrogen-bond donors (Lipinski definition) is 1. The first-order chi connectivity index (χ1) is 6.74. The van der Waals surface area contributed by atoms with E-state index in [1.807, 2.05) is 0 Å². The molecule has 1 aliphatic rings. The first kappa shape index (κ1) is 12.0. The molecule has 0 aromatic carbocycles. The standard InChI is InChI=1S/C12H24O2/c1-10-6-7-12(13)11(9-10)5-3-4-8-14-2/h10-13H,3-9H2,1-2H3. The molecule has 1 aliphatic carbocycles. The van der Waals surface area contributed by atoms with E-state index in [1.54, 1.807) is 7.11 Å². The zero-order valence-electron chi connectivity index (χ0n) is 9.54. The maximum Gasteiger partial charge on any atom is 0.0568 e. The van der Waals surface area contributed by atoms with Crippen LogP contribution in [0.15, 0.2) is 0 Å². The summed E-state index contributed by atoms with van der Waals surface area (Å²) < 4.78 is 5.02. The molecule has 2 nitrogen and oxygen atoms in total. The lowest BCUT2D eigenvalue weighted by atomic mass is 9.78. The Balaban J connectivity index is 2.14. The van der Waals surface area contributed by atoms with E-state index >= 15 is 0 Å². The van der Waals surface area contributed by atoms with Crippen LogP contribution in [-0.4, -0.2) is 24.9 Å². The maximum atomic E-state index is 9.81. The fraction of sp³-hybridized carbons (Fsp3) is 1.00. The molecule has 0 saturated heterocycles. The van der Waals surface area contributed by atoms with Crippen LogP contribution in [0.4, 0.5) is 0 Å². The quantitative estimate of drug-likeness (QED) is 0.691. The van der Waals surface area contributed by atoms with Gasteiger partial charge in [-0.2, -0.15) is 0 Å². The predicted octanol–water partition coefficient (Wildman–Crippen LogP) is 2.60. The molecule has 1 N–H and O–H groups in total. The number of rotatable bonds is 5. The molecule has 0 bridgehead atoms. The molecule has 3 atom stereocenters. The average molecular weight is 200 g/mol. The fourth-order valence-corrected chi connectivity index (χ4v) is 2.45. The van der Waals surface area contributed by atoms with Gasteiger partial charge in [-0.25, -0.2) is 0 Å². The molecular formula is C12H24O2. The summed E-state index contributed by atoms with van der Waals surface area (Å²) in [4.78, 5) is 0. The van der Waals surface area contributed by atoms with Crippen LogP contribution in [-0.2, 0) is 4.74 Å². The summed E-state index contributed by atoms with van der Waals surface area (Å²) in [5, 5.41) is 9.81. The van der Waals surface area contributed by atoms with Gasteiger partial charge in [0, 0.05) is 13.7 Å². The molecule has 1 saturated carbocycles. The van der Waals surface area contributed by atoms with Gasteiger partial charge in [-0.15, -0.1) is 0 Å². The molecule has 3 unspecified atom stereocenters. The SMILES string of the molecule is COCCCCC1CC(C)CCC1O. The second kappa shape index (κ2) is 6.41. The fourth-order valence-electron chi connectivity index (χ4n) is 2.45. The lowest BCUT2D eigenvalue weighted by molar-refractivity contribution is 0.0450. The number of hydrogen-bond acceptors (Lipinski definition) is 2. The van der Waals surface area contributed by atoms with Crippen LogP contribution in [0, 0.1) is 11.8 Å². The Hall–Kier alpha value is -0.0800. The molecule has 0 aromatic rings. The van der Waals surface area contributed by atoms with E-state index in [2.05, 4.69) is 6.92 Å². The summed E-state index contributed by atoms with van der Waals surface area (Å²) in [6.45, 7) is 3.16. The van der Waals surface area contributed by atoms with E-state index in [0.29, 0.717) is 5.92 Å².